The van der Waals surface area contributed by atoms with Crippen molar-refractivity contribution >= 4 is 18.0 Å². The van der Waals surface area contributed by atoms with Gasteiger partial charge in [-0.1, -0.05) is 0 Å². The summed E-state index contributed by atoms with van der Waals surface area (Å²) in [6.45, 7) is 11.2. The molecule has 0 radical (unpaired) electrons. The number of guanidine groups is 1. The molecule has 160 valence electrons. The van der Waals surface area contributed by atoms with Crippen LogP contribution in [0.3, 0.4) is 0 Å². The van der Waals surface area contributed by atoms with Gasteiger partial charge in [0.2, 0.25) is 0 Å². The predicted octanol–water partition coefficient (Wildman–Crippen LogP) is 2.42. The normalized spacial score (nSPS) is 25.3. The van der Waals surface area contributed by atoms with Crippen LogP contribution in [0, 0.1) is 0 Å². The standard InChI is InChI=1S/C20H36N4O4/c1-19(2,3)27-16(25)12-22-17(21-7)23-13-10-14-8-9-15(11-13)24(14)18(26)28-20(4,5)6/h13-15H,8-12H2,1-7H3,(H2,21,22,23). The molecule has 2 bridgehead atoms. The van der Waals surface area contributed by atoms with Gasteiger partial charge in [0.1, 0.15) is 17.7 Å². The van der Waals surface area contributed by atoms with Crippen LogP contribution in [0.25, 0.3) is 0 Å². The highest BCUT2D eigenvalue weighted by molar-refractivity contribution is 5.84. The van der Waals surface area contributed by atoms with E-state index in [0.29, 0.717) is 5.96 Å². The molecule has 28 heavy (non-hydrogen) atoms. The van der Waals surface area contributed by atoms with Gasteiger partial charge in [0, 0.05) is 25.2 Å². The van der Waals surface area contributed by atoms with E-state index in [-0.39, 0.29) is 36.7 Å². The summed E-state index contributed by atoms with van der Waals surface area (Å²) in [6.07, 6.45) is 3.44. The third-order valence-electron chi connectivity index (χ3n) is 4.72. The lowest BCUT2D eigenvalue weighted by atomic mass is 9.98. The zero-order chi connectivity index (χ0) is 21.1. The lowest BCUT2D eigenvalue weighted by Crippen LogP contribution is -2.55. The maximum Gasteiger partial charge on any atom is 0.410 e. The molecule has 0 aromatic rings. The van der Waals surface area contributed by atoms with Crippen molar-refractivity contribution in [2.24, 2.45) is 4.99 Å². The Morgan fingerprint density at radius 2 is 1.54 bits per heavy atom. The van der Waals surface area contributed by atoms with Crippen LogP contribution in [0.4, 0.5) is 4.79 Å². The zero-order valence-corrected chi connectivity index (χ0v) is 18.3. The number of aliphatic imine (C=N–C) groups is 1. The topological polar surface area (TPSA) is 92.3 Å². The fourth-order valence-electron chi connectivity index (χ4n) is 3.83. The maximum atomic E-state index is 12.5. The Kier molecular flexibility index (Phi) is 6.83. The minimum Gasteiger partial charge on any atom is -0.459 e. The first kappa shape index (κ1) is 22.3. The second kappa shape index (κ2) is 8.57. The van der Waals surface area contributed by atoms with Crippen molar-refractivity contribution in [1.82, 2.24) is 15.5 Å². The van der Waals surface area contributed by atoms with E-state index in [4.69, 9.17) is 9.47 Å². The molecule has 2 atom stereocenters. The van der Waals surface area contributed by atoms with Crippen LogP contribution < -0.4 is 10.6 Å². The Bertz CT molecular complexity index is 592. The summed E-state index contributed by atoms with van der Waals surface area (Å²) in [5.41, 5.74) is -0.997. The number of ether oxygens (including phenoxy) is 2. The van der Waals surface area contributed by atoms with Gasteiger partial charge >= 0.3 is 12.1 Å². The molecule has 2 saturated heterocycles. The van der Waals surface area contributed by atoms with Crippen molar-refractivity contribution < 1.29 is 19.1 Å². The Morgan fingerprint density at radius 1 is 1.00 bits per heavy atom. The fraction of sp³-hybridized carbons (Fsp3) is 0.850. The van der Waals surface area contributed by atoms with Gasteiger partial charge in [0.15, 0.2) is 5.96 Å². The van der Waals surface area contributed by atoms with Gasteiger partial charge in [0.25, 0.3) is 0 Å². The van der Waals surface area contributed by atoms with Crippen molar-refractivity contribution in [3.8, 4) is 0 Å². The number of carbonyl (C=O) groups is 2. The molecule has 0 aromatic carbocycles. The Labute approximate surface area is 168 Å². The number of carbonyl (C=O) groups excluding carboxylic acids is 2. The van der Waals surface area contributed by atoms with Crippen molar-refractivity contribution in [2.45, 2.75) is 96.6 Å². The number of rotatable bonds is 3. The molecule has 0 saturated carbocycles. The molecule has 8 heteroatoms. The summed E-state index contributed by atoms with van der Waals surface area (Å²) in [5, 5.41) is 6.40. The smallest absolute Gasteiger partial charge is 0.410 e. The summed E-state index contributed by atoms with van der Waals surface area (Å²) in [4.78, 5) is 30.6. The number of amides is 1. The first-order valence-electron chi connectivity index (χ1n) is 10.1. The summed E-state index contributed by atoms with van der Waals surface area (Å²) in [5.74, 6) is 0.247. The number of nitrogens with one attached hydrogen (secondary N) is 2. The largest absolute Gasteiger partial charge is 0.459 e. The molecule has 1 amide bonds. The SMILES string of the molecule is CN=C(NCC(=O)OC(C)(C)C)NC1CC2CCC(C1)N2C(=O)OC(C)(C)C. The number of fused-ring (bicyclic) bond motifs is 2. The first-order valence-corrected chi connectivity index (χ1v) is 10.1. The fourth-order valence-corrected chi connectivity index (χ4v) is 3.83. The Hall–Kier alpha value is -1.99. The van der Waals surface area contributed by atoms with Gasteiger partial charge in [0.05, 0.1) is 0 Å². The molecule has 2 heterocycles. The van der Waals surface area contributed by atoms with Gasteiger partial charge < -0.3 is 25.0 Å². The highest BCUT2D eigenvalue weighted by Crippen LogP contribution is 2.36. The number of piperidine rings is 1. The minimum absolute atomic E-state index is 0.0561. The second-order valence-electron chi connectivity index (χ2n) is 9.60. The van der Waals surface area contributed by atoms with Crippen molar-refractivity contribution in [3.63, 3.8) is 0 Å². The Balaban J connectivity index is 1.86. The minimum atomic E-state index is -0.511. The molecule has 8 nitrogen and oxygen atoms in total. The van der Waals surface area contributed by atoms with Crippen LogP contribution in [0.1, 0.15) is 67.2 Å². The highest BCUT2D eigenvalue weighted by atomic mass is 16.6. The molecule has 2 aliphatic heterocycles. The van der Waals surface area contributed by atoms with E-state index in [2.05, 4.69) is 15.6 Å². The van der Waals surface area contributed by atoms with Gasteiger partial charge in [-0.2, -0.15) is 0 Å². The lowest BCUT2D eigenvalue weighted by molar-refractivity contribution is -0.153. The third kappa shape index (κ3) is 6.56. The molecule has 0 spiro atoms. The van der Waals surface area contributed by atoms with Gasteiger partial charge in [-0.3, -0.25) is 9.79 Å². The predicted molar refractivity (Wildman–Crippen MR) is 108 cm³/mol. The lowest BCUT2D eigenvalue weighted by Gasteiger charge is -2.40. The number of esters is 1. The van der Waals surface area contributed by atoms with E-state index in [9.17, 15) is 9.59 Å². The number of hydrogen-bond donors (Lipinski definition) is 2. The van der Waals surface area contributed by atoms with Gasteiger partial charge in [-0.05, 0) is 67.2 Å². The first-order chi connectivity index (χ1) is 12.9. The third-order valence-corrected chi connectivity index (χ3v) is 4.72. The average Bonchev–Trinajstić information content (AvgIpc) is 2.79. The van der Waals surface area contributed by atoms with E-state index < -0.39 is 11.2 Å². The Morgan fingerprint density at radius 3 is 2.00 bits per heavy atom. The second-order valence-corrected chi connectivity index (χ2v) is 9.60. The van der Waals surface area contributed by atoms with Crippen LogP contribution in [0.5, 0.6) is 0 Å². The molecule has 2 rings (SSSR count). The van der Waals surface area contributed by atoms with Crippen molar-refractivity contribution in [3.05, 3.63) is 0 Å². The summed E-state index contributed by atoms with van der Waals surface area (Å²) >= 11 is 0. The van der Waals surface area contributed by atoms with Crippen LogP contribution in [-0.4, -0.2) is 65.8 Å². The number of nitrogens with zero attached hydrogens (tertiary/aromatic N) is 2. The molecular formula is C20H36N4O4. The van der Waals surface area contributed by atoms with Crippen LogP contribution in [0.15, 0.2) is 4.99 Å². The van der Waals surface area contributed by atoms with E-state index in [0.717, 1.165) is 25.7 Å². The zero-order valence-electron chi connectivity index (χ0n) is 18.3. The molecule has 2 fully saturated rings. The van der Waals surface area contributed by atoms with E-state index >= 15 is 0 Å². The van der Waals surface area contributed by atoms with E-state index in [1.165, 1.54) is 0 Å². The molecule has 0 aliphatic carbocycles. The van der Waals surface area contributed by atoms with E-state index in [1.807, 2.05) is 46.4 Å². The quantitative estimate of drug-likeness (QED) is 0.432. The molecule has 2 N–H and O–H groups in total. The average molecular weight is 397 g/mol. The van der Waals surface area contributed by atoms with Crippen LogP contribution in [-0.2, 0) is 14.3 Å². The van der Waals surface area contributed by atoms with Crippen LogP contribution >= 0.6 is 0 Å². The summed E-state index contributed by atoms with van der Waals surface area (Å²) in [7, 11) is 1.68. The summed E-state index contributed by atoms with van der Waals surface area (Å²) < 4.78 is 10.9. The van der Waals surface area contributed by atoms with Crippen molar-refractivity contribution in [1.29, 1.82) is 0 Å². The monoisotopic (exact) mass is 396 g/mol. The van der Waals surface area contributed by atoms with Gasteiger partial charge in [-0.15, -0.1) is 0 Å². The van der Waals surface area contributed by atoms with Crippen molar-refractivity contribution in [2.75, 3.05) is 13.6 Å². The highest BCUT2D eigenvalue weighted by Gasteiger charge is 2.45. The van der Waals surface area contributed by atoms with E-state index in [1.54, 1.807) is 7.05 Å². The van der Waals surface area contributed by atoms with Gasteiger partial charge in [-0.25, -0.2) is 4.79 Å². The number of hydrogen-bond acceptors (Lipinski definition) is 5. The molecule has 2 aliphatic rings. The molecule has 0 aromatic heterocycles. The summed E-state index contributed by atoms with van der Waals surface area (Å²) in [6, 6.07) is 0.547. The van der Waals surface area contributed by atoms with Crippen LogP contribution in [0.2, 0.25) is 0 Å². The molecule has 2 unspecified atom stereocenters. The maximum absolute atomic E-state index is 12.5. The molecular weight excluding hydrogens is 360 g/mol.